The third-order valence-electron chi connectivity index (χ3n) is 3.87. The number of hydrogen-bond donors (Lipinski definition) is 1. The molecule has 1 unspecified atom stereocenters. The van der Waals surface area contributed by atoms with Crippen molar-refractivity contribution < 1.29 is 4.74 Å². The van der Waals surface area contributed by atoms with Crippen LogP contribution >= 0.6 is 11.3 Å². The Hall–Kier alpha value is -0.540. The normalized spacial score (nSPS) is 12.6. The van der Waals surface area contributed by atoms with E-state index in [9.17, 15) is 0 Å². The van der Waals surface area contributed by atoms with E-state index in [0.29, 0.717) is 6.04 Å². The molecule has 1 aromatic heterocycles. The van der Waals surface area contributed by atoms with Crippen LogP contribution in [0.5, 0.6) is 5.75 Å². The zero-order chi connectivity index (χ0) is 14.6. The maximum absolute atomic E-state index is 5.26. The maximum atomic E-state index is 5.26. The molecule has 1 rings (SSSR count). The fourth-order valence-corrected chi connectivity index (χ4v) is 3.54. The molecular formula is C17H31NOS. The van der Waals surface area contributed by atoms with E-state index in [1.165, 1.54) is 62.7 Å². The highest BCUT2D eigenvalue weighted by Gasteiger charge is 2.11. The van der Waals surface area contributed by atoms with Gasteiger partial charge in [-0.2, -0.15) is 0 Å². The van der Waals surface area contributed by atoms with Gasteiger partial charge in [0, 0.05) is 16.3 Å². The van der Waals surface area contributed by atoms with Crippen molar-refractivity contribution in [2.75, 3.05) is 14.2 Å². The van der Waals surface area contributed by atoms with Gasteiger partial charge in [-0.25, -0.2) is 0 Å². The zero-order valence-corrected chi connectivity index (χ0v) is 14.2. The lowest BCUT2D eigenvalue weighted by Crippen LogP contribution is -2.14. The minimum atomic E-state index is 0.490. The third kappa shape index (κ3) is 6.76. The van der Waals surface area contributed by atoms with Crippen LogP contribution in [0.4, 0.5) is 0 Å². The SMILES string of the molecule is CCCCCCCCCCC(NC)c1cc(OC)cs1. The highest BCUT2D eigenvalue weighted by atomic mass is 32.1. The molecule has 0 saturated carbocycles. The second kappa shape index (κ2) is 11.2. The van der Waals surface area contributed by atoms with Crippen molar-refractivity contribution in [1.29, 1.82) is 0 Å². The first-order valence-electron chi connectivity index (χ1n) is 8.11. The summed E-state index contributed by atoms with van der Waals surface area (Å²) < 4.78 is 5.26. The van der Waals surface area contributed by atoms with E-state index in [2.05, 4.69) is 30.7 Å². The zero-order valence-electron chi connectivity index (χ0n) is 13.4. The van der Waals surface area contributed by atoms with Crippen LogP contribution in [0.15, 0.2) is 11.4 Å². The molecule has 0 aliphatic rings. The predicted molar refractivity (Wildman–Crippen MR) is 89.9 cm³/mol. The molecule has 0 fully saturated rings. The highest BCUT2D eigenvalue weighted by molar-refractivity contribution is 7.10. The Morgan fingerprint density at radius 1 is 1.10 bits per heavy atom. The standard InChI is InChI=1S/C17H31NOS/c1-4-5-6-7-8-9-10-11-12-16(18-2)17-13-15(19-3)14-20-17/h13-14,16,18H,4-12H2,1-3H3. The van der Waals surface area contributed by atoms with Crippen LogP contribution in [-0.2, 0) is 0 Å². The molecule has 0 aliphatic carbocycles. The van der Waals surface area contributed by atoms with E-state index in [0.717, 1.165) is 5.75 Å². The van der Waals surface area contributed by atoms with E-state index in [1.54, 1.807) is 18.4 Å². The van der Waals surface area contributed by atoms with Crippen LogP contribution in [-0.4, -0.2) is 14.2 Å². The third-order valence-corrected chi connectivity index (χ3v) is 4.89. The van der Waals surface area contributed by atoms with Crippen LogP contribution in [0.1, 0.15) is 75.6 Å². The summed E-state index contributed by atoms with van der Waals surface area (Å²) in [6.07, 6.45) is 12.3. The molecule has 1 atom stereocenters. The average molecular weight is 298 g/mol. The van der Waals surface area contributed by atoms with Crippen LogP contribution in [0, 0.1) is 0 Å². The smallest absolute Gasteiger partial charge is 0.129 e. The summed E-state index contributed by atoms with van der Waals surface area (Å²) in [6, 6.07) is 2.65. The summed E-state index contributed by atoms with van der Waals surface area (Å²) in [5.41, 5.74) is 0. The van der Waals surface area contributed by atoms with Crippen LogP contribution < -0.4 is 10.1 Å². The lowest BCUT2D eigenvalue weighted by molar-refractivity contribution is 0.415. The molecule has 0 spiro atoms. The Bertz CT molecular complexity index is 337. The van der Waals surface area contributed by atoms with Crippen LogP contribution in [0.25, 0.3) is 0 Å². The topological polar surface area (TPSA) is 21.3 Å². The Kier molecular flexibility index (Phi) is 9.77. The molecule has 0 saturated heterocycles. The van der Waals surface area contributed by atoms with E-state index in [4.69, 9.17) is 4.74 Å². The number of thiophene rings is 1. The Labute approximate surface area is 128 Å². The van der Waals surface area contributed by atoms with Gasteiger partial charge in [-0.15, -0.1) is 11.3 Å². The molecule has 1 heterocycles. The first-order valence-corrected chi connectivity index (χ1v) is 8.99. The highest BCUT2D eigenvalue weighted by Crippen LogP contribution is 2.29. The fraction of sp³-hybridized carbons (Fsp3) is 0.765. The second-order valence-electron chi connectivity index (χ2n) is 5.49. The van der Waals surface area contributed by atoms with Gasteiger partial charge in [0.05, 0.1) is 7.11 Å². The Morgan fingerprint density at radius 2 is 1.75 bits per heavy atom. The fourth-order valence-electron chi connectivity index (χ4n) is 2.54. The molecular weight excluding hydrogens is 266 g/mol. The van der Waals surface area contributed by atoms with E-state index < -0.39 is 0 Å². The molecule has 0 bridgehead atoms. The lowest BCUT2D eigenvalue weighted by Gasteiger charge is -2.14. The quantitative estimate of drug-likeness (QED) is 0.511. The Morgan fingerprint density at radius 3 is 2.30 bits per heavy atom. The van der Waals surface area contributed by atoms with E-state index in [-0.39, 0.29) is 0 Å². The maximum Gasteiger partial charge on any atom is 0.129 e. The van der Waals surface area contributed by atoms with Gasteiger partial charge >= 0.3 is 0 Å². The van der Waals surface area contributed by atoms with Gasteiger partial charge in [-0.3, -0.25) is 0 Å². The Balaban J connectivity index is 2.12. The van der Waals surface area contributed by atoms with Crippen molar-refractivity contribution in [3.63, 3.8) is 0 Å². The van der Waals surface area contributed by atoms with Gasteiger partial charge in [0.2, 0.25) is 0 Å². The largest absolute Gasteiger partial charge is 0.496 e. The first kappa shape index (κ1) is 17.5. The number of rotatable bonds is 12. The van der Waals surface area contributed by atoms with Crippen molar-refractivity contribution >= 4 is 11.3 Å². The second-order valence-corrected chi connectivity index (χ2v) is 6.44. The van der Waals surface area contributed by atoms with Gasteiger partial charge in [0.15, 0.2) is 0 Å². The summed E-state index contributed by atoms with van der Waals surface area (Å²) in [7, 11) is 3.79. The number of unbranched alkanes of at least 4 members (excludes halogenated alkanes) is 7. The van der Waals surface area contributed by atoms with Crippen molar-refractivity contribution in [3.05, 3.63) is 16.3 Å². The summed E-state index contributed by atoms with van der Waals surface area (Å²) in [4.78, 5) is 1.40. The lowest BCUT2D eigenvalue weighted by atomic mass is 10.0. The van der Waals surface area contributed by atoms with Crippen LogP contribution in [0.2, 0.25) is 0 Å². The molecule has 3 heteroatoms. The van der Waals surface area contributed by atoms with E-state index >= 15 is 0 Å². The van der Waals surface area contributed by atoms with Gasteiger partial charge in [-0.1, -0.05) is 58.3 Å². The van der Waals surface area contributed by atoms with Crippen molar-refractivity contribution in [3.8, 4) is 5.75 Å². The summed E-state index contributed by atoms with van der Waals surface area (Å²) >= 11 is 1.80. The number of ether oxygens (including phenoxy) is 1. The first-order chi connectivity index (χ1) is 9.81. The molecule has 0 aliphatic heterocycles. The van der Waals surface area contributed by atoms with Crippen LogP contribution in [0.3, 0.4) is 0 Å². The minimum absolute atomic E-state index is 0.490. The van der Waals surface area contributed by atoms with Crippen molar-refractivity contribution in [1.82, 2.24) is 5.32 Å². The summed E-state index contributed by atoms with van der Waals surface area (Å²) in [6.45, 7) is 2.28. The predicted octanol–water partition coefficient (Wildman–Crippen LogP) is 5.55. The van der Waals surface area contributed by atoms with Gasteiger partial charge < -0.3 is 10.1 Å². The van der Waals surface area contributed by atoms with Gasteiger partial charge in [-0.05, 0) is 19.5 Å². The molecule has 0 aromatic carbocycles. The summed E-state index contributed by atoms with van der Waals surface area (Å²) in [5.74, 6) is 0.987. The number of hydrogen-bond acceptors (Lipinski definition) is 3. The summed E-state index contributed by atoms with van der Waals surface area (Å²) in [5, 5.41) is 5.52. The number of methoxy groups -OCH3 is 1. The molecule has 116 valence electrons. The number of nitrogens with one attached hydrogen (secondary N) is 1. The molecule has 0 radical (unpaired) electrons. The molecule has 1 aromatic rings. The minimum Gasteiger partial charge on any atom is -0.496 e. The average Bonchev–Trinajstić information content (AvgIpc) is 2.94. The van der Waals surface area contributed by atoms with E-state index in [1.807, 2.05) is 0 Å². The molecule has 20 heavy (non-hydrogen) atoms. The van der Waals surface area contributed by atoms with Gasteiger partial charge in [0.25, 0.3) is 0 Å². The molecule has 1 N–H and O–H groups in total. The molecule has 0 amide bonds. The molecule has 2 nitrogen and oxygen atoms in total. The van der Waals surface area contributed by atoms with Crippen molar-refractivity contribution in [2.24, 2.45) is 0 Å². The van der Waals surface area contributed by atoms with Gasteiger partial charge in [0.1, 0.15) is 5.75 Å². The monoisotopic (exact) mass is 297 g/mol. The van der Waals surface area contributed by atoms with Crippen molar-refractivity contribution in [2.45, 2.75) is 70.8 Å².